The van der Waals surface area contributed by atoms with E-state index in [9.17, 15) is 4.79 Å². The molecule has 0 radical (unpaired) electrons. The summed E-state index contributed by atoms with van der Waals surface area (Å²) >= 11 is 1.78. The molecule has 0 unspecified atom stereocenters. The summed E-state index contributed by atoms with van der Waals surface area (Å²) in [6.45, 7) is 7.58. The number of ether oxygens (including phenoxy) is 1. The van der Waals surface area contributed by atoms with Crippen LogP contribution in [0, 0.1) is 11.3 Å². The standard InChI is InChI=1S/C28H32N2O2S/c1-4-28(2,3)20-12-15-22-23(16-20)33-27-24(22)26(31)29-25(30-27)19-10-13-21(14-11-19)32-17-18-8-6-5-7-9-18/h5-11,13-14,20,25,30H,4,12,15-17H2,1-3H3,(H,29,31)/t20-,25+/m1/s1. The number of fused-ring (bicyclic) bond motifs is 3. The molecule has 2 aromatic carbocycles. The zero-order chi connectivity index (χ0) is 23.0. The number of hydrogen-bond acceptors (Lipinski definition) is 4. The van der Waals surface area contributed by atoms with Crippen molar-refractivity contribution in [3.8, 4) is 5.75 Å². The molecule has 1 amide bonds. The van der Waals surface area contributed by atoms with Crippen molar-refractivity contribution >= 4 is 22.2 Å². The number of amides is 1. The van der Waals surface area contributed by atoms with Gasteiger partial charge in [0.2, 0.25) is 0 Å². The third-order valence-electron chi connectivity index (χ3n) is 7.52. The number of anilines is 1. The zero-order valence-electron chi connectivity index (χ0n) is 19.6. The topological polar surface area (TPSA) is 50.4 Å². The fourth-order valence-electron chi connectivity index (χ4n) is 4.92. The Labute approximate surface area is 200 Å². The monoisotopic (exact) mass is 460 g/mol. The first-order valence-corrected chi connectivity index (χ1v) is 12.7. The van der Waals surface area contributed by atoms with Crippen LogP contribution in [-0.2, 0) is 19.4 Å². The van der Waals surface area contributed by atoms with Gasteiger partial charge in [-0.15, -0.1) is 11.3 Å². The first-order valence-electron chi connectivity index (χ1n) is 11.9. The summed E-state index contributed by atoms with van der Waals surface area (Å²) in [6, 6.07) is 18.1. The predicted molar refractivity (Wildman–Crippen MR) is 135 cm³/mol. The molecule has 172 valence electrons. The quantitative estimate of drug-likeness (QED) is 0.429. The van der Waals surface area contributed by atoms with E-state index in [0.717, 1.165) is 46.7 Å². The third-order valence-corrected chi connectivity index (χ3v) is 8.71. The van der Waals surface area contributed by atoms with Crippen molar-refractivity contribution in [2.45, 2.75) is 59.2 Å². The Kier molecular flexibility index (Phi) is 5.92. The molecule has 1 aliphatic carbocycles. The lowest BCUT2D eigenvalue weighted by Gasteiger charge is -2.36. The molecule has 2 aliphatic rings. The molecule has 2 atom stereocenters. The summed E-state index contributed by atoms with van der Waals surface area (Å²) in [6.07, 6.45) is 4.21. The van der Waals surface area contributed by atoms with Gasteiger partial charge in [-0.05, 0) is 59.4 Å². The highest BCUT2D eigenvalue weighted by Gasteiger charge is 2.37. The van der Waals surface area contributed by atoms with E-state index >= 15 is 0 Å². The Bertz CT molecular complexity index is 1130. The number of thiophene rings is 1. The van der Waals surface area contributed by atoms with Crippen LogP contribution >= 0.6 is 11.3 Å². The third kappa shape index (κ3) is 4.39. The van der Waals surface area contributed by atoms with Gasteiger partial charge < -0.3 is 15.4 Å². The van der Waals surface area contributed by atoms with Crippen molar-refractivity contribution in [2.75, 3.05) is 5.32 Å². The maximum absolute atomic E-state index is 13.1. The Morgan fingerprint density at radius 1 is 1.06 bits per heavy atom. The van der Waals surface area contributed by atoms with Crippen molar-refractivity contribution < 1.29 is 9.53 Å². The summed E-state index contributed by atoms with van der Waals surface area (Å²) < 4.78 is 5.91. The van der Waals surface area contributed by atoms with E-state index in [2.05, 4.69) is 43.5 Å². The Balaban J connectivity index is 1.29. The number of hydrogen-bond donors (Lipinski definition) is 2. The van der Waals surface area contributed by atoms with Gasteiger partial charge in [0.1, 0.15) is 23.5 Å². The maximum atomic E-state index is 13.1. The van der Waals surface area contributed by atoms with Crippen LogP contribution in [0.25, 0.3) is 0 Å². The lowest BCUT2D eigenvalue weighted by molar-refractivity contribution is 0.0934. The van der Waals surface area contributed by atoms with Crippen LogP contribution in [0.1, 0.15) is 71.7 Å². The van der Waals surface area contributed by atoms with Crippen LogP contribution in [0.15, 0.2) is 54.6 Å². The average molecular weight is 461 g/mol. The number of nitrogens with one attached hydrogen (secondary N) is 2. The smallest absolute Gasteiger partial charge is 0.256 e. The fraction of sp³-hybridized carbons (Fsp3) is 0.393. The molecule has 0 saturated heterocycles. The first-order chi connectivity index (χ1) is 15.9. The summed E-state index contributed by atoms with van der Waals surface area (Å²) in [4.78, 5) is 14.5. The molecule has 5 heteroatoms. The van der Waals surface area contributed by atoms with Crippen LogP contribution < -0.4 is 15.4 Å². The number of benzene rings is 2. The normalized spacial score (nSPS) is 19.8. The minimum atomic E-state index is -0.226. The molecule has 0 spiro atoms. The molecule has 33 heavy (non-hydrogen) atoms. The van der Waals surface area contributed by atoms with E-state index in [0.29, 0.717) is 17.9 Å². The van der Waals surface area contributed by atoms with E-state index in [1.54, 1.807) is 11.3 Å². The molecule has 1 aliphatic heterocycles. The van der Waals surface area contributed by atoms with Gasteiger partial charge in [0.25, 0.3) is 5.91 Å². The van der Waals surface area contributed by atoms with Crippen molar-refractivity contribution in [3.05, 3.63) is 81.7 Å². The van der Waals surface area contributed by atoms with Crippen molar-refractivity contribution in [1.82, 2.24) is 5.32 Å². The lowest BCUT2D eigenvalue weighted by atomic mass is 9.69. The second-order valence-corrected chi connectivity index (χ2v) is 11.0. The Hall–Kier alpha value is -2.79. The van der Waals surface area contributed by atoms with Crippen LogP contribution in [0.4, 0.5) is 5.00 Å². The molecule has 5 rings (SSSR count). The highest BCUT2D eigenvalue weighted by Crippen LogP contribution is 2.47. The molecule has 0 saturated carbocycles. The van der Waals surface area contributed by atoms with Crippen molar-refractivity contribution in [2.24, 2.45) is 11.3 Å². The van der Waals surface area contributed by atoms with Gasteiger partial charge in [-0.2, -0.15) is 0 Å². The van der Waals surface area contributed by atoms with E-state index in [1.165, 1.54) is 16.9 Å². The van der Waals surface area contributed by atoms with E-state index in [4.69, 9.17) is 4.74 Å². The van der Waals surface area contributed by atoms with Crippen molar-refractivity contribution in [1.29, 1.82) is 0 Å². The second-order valence-electron chi connectivity index (χ2n) is 9.88. The zero-order valence-corrected chi connectivity index (χ0v) is 20.4. The number of carbonyl (C=O) groups is 1. The van der Waals surface area contributed by atoms with E-state index in [1.807, 2.05) is 42.5 Å². The van der Waals surface area contributed by atoms with E-state index in [-0.39, 0.29) is 12.1 Å². The summed E-state index contributed by atoms with van der Waals surface area (Å²) in [5.41, 5.74) is 4.65. The molecule has 0 fully saturated rings. The fourth-order valence-corrected chi connectivity index (χ4v) is 6.27. The van der Waals surface area contributed by atoms with Gasteiger partial charge in [0.05, 0.1) is 5.56 Å². The molecular weight excluding hydrogens is 428 g/mol. The second kappa shape index (κ2) is 8.86. The Morgan fingerprint density at radius 2 is 1.82 bits per heavy atom. The largest absolute Gasteiger partial charge is 0.489 e. The molecule has 1 aromatic heterocycles. The lowest BCUT2D eigenvalue weighted by Crippen LogP contribution is -2.38. The van der Waals surface area contributed by atoms with Gasteiger partial charge in [0.15, 0.2) is 0 Å². The van der Waals surface area contributed by atoms with Crippen LogP contribution in [0.3, 0.4) is 0 Å². The number of rotatable bonds is 6. The molecule has 3 aromatic rings. The summed E-state index contributed by atoms with van der Waals surface area (Å²) in [7, 11) is 0. The van der Waals surface area contributed by atoms with Gasteiger partial charge in [0, 0.05) is 4.88 Å². The highest BCUT2D eigenvalue weighted by molar-refractivity contribution is 7.16. The van der Waals surface area contributed by atoms with Crippen molar-refractivity contribution in [3.63, 3.8) is 0 Å². The summed E-state index contributed by atoms with van der Waals surface area (Å²) in [5.74, 6) is 1.54. The number of carbonyl (C=O) groups excluding carboxylic acids is 1. The van der Waals surface area contributed by atoms with Gasteiger partial charge >= 0.3 is 0 Å². The first kappa shape index (κ1) is 22.0. The molecule has 4 nitrogen and oxygen atoms in total. The van der Waals surface area contributed by atoms with Crippen LogP contribution in [0.2, 0.25) is 0 Å². The maximum Gasteiger partial charge on any atom is 0.256 e. The molecule has 2 N–H and O–H groups in total. The molecular formula is C28H32N2O2S. The van der Waals surface area contributed by atoms with Crippen LogP contribution in [0.5, 0.6) is 5.75 Å². The van der Waals surface area contributed by atoms with Crippen LogP contribution in [-0.4, -0.2) is 5.91 Å². The highest BCUT2D eigenvalue weighted by atomic mass is 32.1. The van der Waals surface area contributed by atoms with Gasteiger partial charge in [-0.1, -0.05) is 69.7 Å². The van der Waals surface area contributed by atoms with Gasteiger partial charge in [-0.3, -0.25) is 4.79 Å². The molecule has 0 bridgehead atoms. The SMILES string of the molecule is CCC(C)(C)[C@@H]1CCc2c(sc3c2C(=O)N[C@H](c2ccc(OCc4ccccc4)cc2)N3)C1. The minimum Gasteiger partial charge on any atom is -0.489 e. The van der Waals surface area contributed by atoms with E-state index < -0.39 is 0 Å². The minimum absolute atomic E-state index is 0.0452. The summed E-state index contributed by atoms with van der Waals surface area (Å²) in [5, 5.41) is 7.78. The molecule has 2 heterocycles. The van der Waals surface area contributed by atoms with Gasteiger partial charge in [-0.25, -0.2) is 0 Å². The predicted octanol–water partition coefficient (Wildman–Crippen LogP) is 6.72. The Morgan fingerprint density at radius 3 is 2.55 bits per heavy atom. The average Bonchev–Trinajstić information content (AvgIpc) is 3.22.